The normalized spacial score (nSPS) is 22.3. The fraction of sp³-hybridized carbons (Fsp3) is 0.667. The first-order chi connectivity index (χ1) is 11.2. The van der Waals surface area contributed by atoms with Crippen molar-refractivity contribution in [3.05, 3.63) is 28.7 Å². The van der Waals surface area contributed by atoms with Gasteiger partial charge in [-0.2, -0.15) is 0 Å². The molecule has 1 atom stereocenters. The van der Waals surface area contributed by atoms with E-state index >= 15 is 0 Å². The molecule has 2 aliphatic rings. The van der Waals surface area contributed by atoms with Crippen LogP contribution in [0.15, 0.2) is 23.1 Å². The minimum absolute atomic E-state index is 0.0404. The molecule has 1 amide bonds. The lowest BCUT2D eigenvalue weighted by atomic mass is 9.80. The molecule has 3 rings (SSSR count). The standard InChI is InChI=1S/C18H26N2O3/c1-23-16-8-5-10-20(18(16)22)13-17(21)19-11-9-15(12-19)14-6-3-2-4-7-14/h5,8,10,14-15H,2-4,6-7,9,11-13H2,1H3/t15-/m1/s1. The predicted octanol–water partition coefficient (Wildman–Crippen LogP) is 2.29. The second-order valence-corrected chi connectivity index (χ2v) is 6.80. The third kappa shape index (κ3) is 3.59. The zero-order chi connectivity index (χ0) is 16.2. The van der Waals surface area contributed by atoms with Gasteiger partial charge in [0.15, 0.2) is 5.75 Å². The summed E-state index contributed by atoms with van der Waals surface area (Å²) in [5.74, 6) is 1.77. The molecule has 0 spiro atoms. The third-order valence-corrected chi connectivity index (χ3v) is 5.40. The quantitative estimate of drug-likeness (QED) is 0.856. The molecule has 0 N–H and O–H groups in total. The van der Waals surface area contributed by atoms with Gasteiger partial charge in [0.2, 0.25) is 5.91 Å². The topological polar surface area (TPSA) is 51.5 Å². The van der Waals surface area contributed by atoms with Crippen molar-refractivity contribution >= 4 is 5.91 Å². The van der Waals surface area contributed by atoms with Crippen molar-refractivity contribution in [3.8, 4) is 5.75 Å². The number of amides is 1. The van der Waals surface area contributed by atoms with Crippen LogP contribution in [0.3, 0.4) is 0 Å². The van der Waals surface area contributed by atoms with Gasteiger partial charge in [-0.25, -0.2) is 0 Å². The molecule has 2 fully saturated rings. The summed E-state index contributed by atoms with van der Waals surface area (Å²) in [6.07, 6.45) is 9.46. The van der Waals surface area contributed by atoms with E-state index in [0.717, 1.165) is 25.4 Å². The number of pyridine rings is 1. The molecule has 5 heteroatoms. The molecule has 2 heterocycles. The second kappa shape index (κ2) is 7.20. The number of aromatic nitrogens is 1. The van der Waals surface area contributed by atoms with Crippen molar-refractivity contribution in [1.29, 1.82) is 0 Å². The molecule has 1 saturated heterocycles. The molecule has 23 heavy (non-hydrogen) atoms. The van der Waals surface area contributed by atoms with Crippen LogP contribution < -0.4 is 10.3 Å². The molecule has 1 saturated carbocycles. The van der Waals surface area contributed by atoms with Crippen LogP contribution in [0.2, 0.25) is 0 Å². The van der Waals surface area contributed by atoms with Gasteiger partial charge in [-0.3, -0.25) is 9.59 Å². The van der Waals surface area contributed by atoms with Gasteiger partial charge in [-0.15, -0.1) is 0 Å². The van der Waals surface area contributed by atoms with Crippen molar-refractivity contribution in [2.45, 2.75) is 45.1 Å². The number of ether oxygens (including phenoxy) is 1. The fourth-order valence-electron chi connectivity index (χ4n) is 4.04. The molecule has 1 aromatic rings. The number of hydrogen-bond donors (Lipinski definition) is 0. The smallest absolute Gasteiger partial charge is 0.293 e. The van der Waals surface area contributed by atoms with E-state index in [2.05, 4.69) is 0 Å². The Balaban J connectivity index is 1.60. The average Bonchev–Trinajstić information content (AvgIpc) is 3.08. The minimum atomic E-state index is -0.244. The SMILES string of the molecule is COc1cccn(CC(=O)N2CC[C@@H](C3CCCCC3)C2)c1=O. The molecule has 1 aliphatic carbocycles. The molecule has 1 aliphatic heterocycles. The highest BCUT2D eigenvalue weighted by Gasteiger charge is 2.32. The maximum absolute atomic E-state index is 12.5. The Kier molecular flexibility index (Phi) is 5.03. The van der Waals surface area contributed by atoms with Crippen molar-refractivity contribution in [3.63, 3.8) is 0 Å². The average molecular weight is 318 g/mol. The van der Waals surface area contributed by atoms with Crippen molar-refractivity contribution < 1.29 is 9.53 Å². The van der Waals surface area contributed by atoms with Gasteiger partial charge in [0.25, 0.3) is 5.56 Å². The van der Waals surface area contributed by atoms with Crippen LogP contribution in [0, 0.1) is 11.8 Å². The molecule has 0 radical (unpaired) electrons. The van der Waals surface area contributed by atoms with Crippen molar-refractivity contribution in [2.75, 3.05) is 20.2 Å². The Hall–Kier alpha value is -1.78. The summed E-state index contributed by atoms with van der Waals surface area (Å²) in [7, 11) is 1.47. The molecular formula is C18H26N2O3. The summed E-state index contributed by atoms with van der Waals surface area (Å²) in [5.41, 5.74) is -0.244. The minimum Gasteiger partial charge on any atom is -0.491 e. The van der Waals surface area contributed by atoms with Gasteiger partial charge in [0.1, 0.15) is 6.54 Å². The Bertz CT molecular complexity index is 605. The van der Waals surface area contributed by atoms with Crippen LogP contribution in [0.25, 0.3) is 0 Å². The van der Waals surface area contributed by atoms with Crippen LogP contribution in [-0.4, -0.2) is 35.6 Å². The van der Waals surface area contributed by atoms with Gasteiger partial charge >= 0.3 is 0 Å². The summed E-state index contributed by atoms with van der Waals surface area (Å²) < 4.78 is 6.47. The maximum Gasteiger partial charge on any atom is 0.293 e. The molecule has 0 aromatic carbocycles. The van der Waals surface area contributed by atoms with Gasteiger partial charge < -0.3 is 14.2 Å². The Morgan fingerprint density at radius 3 is 2.74 bits per heavy atom. The van der Waals surface area contributed by atoms with E-state index in [1.54, 1.807) is 18.3 Å². The van der Waals surface area contributed by atoms with E-state index < -0.39 is 0 Å². The van der Waals surface area contributed by atoms with E-state index in [0.29, 0.717) is 5.92 Å². The largest absolute Gasteiger partial charge is 0.491 e. The van der Waals surface area contributed by atoms with Crippen LogP contribution in [0.4, 0.5) is 0 Å². The van der Waals surface area contributed by atoms with Gasteiger partial charge in [0.05, 0.1) is 7.11 Å². The first-order valence-electron chi connectivity index (χ1n) is 8.70. The lowest BCUT2D eigenvalue weighted by Crippen LogP contribution is -2.35. The van der Waals surface area contributed by atoms with E-state index in [9.17, 15) is 9.59 Å². The maximum atomic E-state index is 12.5. The number of rotatable bonds is 4. The molecule has 0 unspecified atom stereocenters. The van der Waals surface area contributed by atoms with Gasteiger partial charge in [0, 0.05) is 19.3 Å². The Morgan fingerprint density at radius 1 is 1.22 bits per heavy atom. The summed E-state index contributed by atoms with van der Waals surface area (Å²) in [5, 5.41) is 0. The van der Waals surface area contributed by atoms with Gasteiger partial charge in [-0.1, -0.05) is 32.1 Å². The molecule has 5 nitrogen and oxygen atoms in total. The Labute approximate surface area is 137 Å². The lowest BCUT2D eigenvalue weighted by Gasteiger charge is -2.27. The van der Waals surface area contributed by atoms with Crippen LogP contribution in [0.5, 0.6) is 5.75 Å². The summed E-state index contributed by atoms with van der Waals surface area (Å²) in [4.78, 5) is 26.6. The number of carbonyl (C=O) groups is 1. The number of likely N-dealkylation sites (tertiary alicyclic amines) is 1. The second-order valence-electron chi connectivity index (χ2n) is 6.80. The fourth-order valence-corrected chi connectivity index (χ4v) is 4.04. The highest BCUT2D eigenvalue weighted by atomic mass is 16.5. The third-order valence-electron chi connectivity index (χ3n) is 5.40. The summed E-state index contributed by atoms with van der Waals surface area (Å²) in [6.45, 7) is 1.80. The zero-order valence-electron chi connectivity index (χ0n) is 13.9. The number of methoxy groups -OCH3 is 1. The van der Waals surface area contributed by atoms with E-state index in [4.69, 9.17) is 4.74 Å². The van der Waals surface area contributed by atoms with Crippen LogP contribution >= 0.6 is 0 Å². The predicted molar refractivity (Wildman–Crippen MR) is 88.5 cm³/mol. The zero-order valence-corrected chi connectivity index (χ0v) is 13.9. The highest BCUT2D eigenvalue weighted by Crippen LogP contribution is 2.35. The van der Waals surface area contributed by atoms with Crippen molar-refractivity contribution in [1.82, 2.24) is 9.47 Å². The monoisotopic (exact) mass is 318 g/mol. The molecule has 0 bridgehead atoms. The number of nitrogens with zero attached hydrogens (tertiary/aromatic N) is 2. The highest BCUT2D eigenvalue weighted by molar-refractivity contribution is 5.76. The first kappa shape index (κ1) is 16.1. The van der Waals surface area contributed by atoms with Crippen molar-refractivity contribution in [2.24, 2.45) is 11.8 Å². The molecule has 126 valence electrons. The molecule has 1 aromatic heterocycles. The Morgan fingerprint density at radius 2 is 2.00 bits per heavy atom. The summed E-state index contributed by atoms with van der Waals surface area (Å²) >= 11 is 0. The lowest BCUT2D eigenvalue weighted by molar-refractivity contribution is -0.131. The number of carbonyl (C=O) groups excluding carboxylic acids is 1. The first-order valence-corrected chi connectivity index (χ1v) is 8.70. The summed E-state index contributed by atoms with van der Waals surface area (Å²) in [6, 6.07) is 3.36. The van der Waals surface area contributed by atoms with E-state index in [1.807, 2.05) is 4.90 Å². The van der Waals surface area contributed by atoms with E-state index in [-0.39, 0.29) is 23.8 Å². The van der Waals surface area contributed by atoms with Gasteiger partial charge in [-0.05, 0) is 30.4 Å². The molecular weight excluding hydrogens is 292 g/mol. The van der Waals surface area contributed by atoms with E-state index in [1.165, 1.54) is 43.8 Å². The number of hydrogen-bond acceptors (Lipinski definition) is 3. The van der Waals surface area contributed by atoms with Crippen LogP contribution in [-0.2, 0) is 11.3 Å². The van der Waals surface area contributed by atoms with Crippen LogP contribution in [0.1, 0.15) is 38.5 Å².